The second-order valence-corrected chi connectivity index (χ2v) is 7.53. The monoisotopic (exact) mass is 423 g/mol. The van der Waals surface area contributed by atoms with E-state index in [1.807, 2.05) is 18.4 Å². The summed E-state index contributed by atoms with van der Waals surface area (Å²) in [6.07, 6.45) is 1.54. The maximum atomic E-state index is 14.2. The fourth-order valence-electron chi connectivity index (χ4n) is 3.70. The number of nitrogens with one attached hydrogen (secondary N) is 1. The number of aromatic nitrogens is 2. The molecule has 4 aromatic rings. The lowest BCUT2D eigenvalue weighted by Gasteiger charge is -2.15. The topological polar surface area (TPSA) is 64.0 Å². The lowest BCUT2D eigenvalue weighted by molar-refractivity contribution is 0.102. The average Bonchev–Trinajstić information content (AvgIpc) is 2.71. The number of fused-ring (bicyclic) bond motifs is 2. The van der Waals surface area contributed by atoms with E-state index in [0.29, 0.717) is 39.2 Å². The molecule has 0 fully saturated rings. The number of rotatable bonds is 3. The van der Waals surface area contributed by atoms with Crippen molar-refractivity contribution >= 4 is 45.0 Å². The Balaban J connectivity index is 1.87. The van der Waals surface area contributed by atoms with Crippen molar-refractivity contribution in [2.75, 3.05) is 5.32 Å². The number of hydrogen-bond acceptors (Lipinski definition) is 3. The summed E-state index contributed by atoms with van der Waals surface area (Å²) in [5.74, 6) is -1.04. The number of amides is 1. The van der Waals surface area contributed by atoms with Crippen LogP contribution < -0.4 is 10.7 Å². The van der Waals surface area contributed by atoms with Crippen LogP contribution in [0.3, 0.4) is 0 Å². The van der Waals surface area contributed by atoms with Crippen molar-refractivity contribution in [3.63, 3.8) is 0 Å². The zero-order valence-electron chi connectivity index (χ0n) is 16.7. The van der Waals surface area contributed by atoms with Crippen LogP contribution in [0.15, 0.2) is 47.4 Å². The van der Waals surface area contributed by atoms with Crippen molar-refractivity contribution in [2.24, 2.45) is 0 Å². The van der Waals surface area contributed by atoms with Crippen LogP contribution in [0.25, 0.3) is 21.8 Å². The fraction of sp³-hybridized carbons (Fsp3) is 0.174. The van der Waals surface area contributed by atoms with Gasteiger partial charge in [-0.2, -0.15) is 0 Å². The summed E-state index contributed by atoms with van der Waals surface area (Å²) in [6, 6.07) is 9.50. The van der Waals surface area contributed by atoms with Crippen LogP contribution in [0.5, 0.6) is 0 Å². The quantitative estimate of drug-likeness (QED) is 0.490. The van der Waals surface area contributed by atoms with Gasteiger partial charge in [0.2, 0.25) is 5.43 Å². The fourth-order valence-corrected chi connectivity index (χ4v) is 3.85. The van der Waals surface area contributed by atoms with Gasteiger partial charge in [-0.15, -0.1) is 0 Å². The minimum absolute atomic E-state index is 0.00471. The normalized spacial score (nSPS) is 11.2. The zero-order chi connectivity index (χ0) is 21.6. The highest BCUT2D eigenvalue weighted by atomic mass is 35.5. The van der Waals surface area contributed by atoms with E-state index >= 15 is 0 Å². The van der Waals surface area contributed by atoms with E-state index in [-0.39, 0.29) is 16.5 Å². The van der Waals surface area contributed by atoms with E-state index in [1.54, 1.807) is 43.5 Å². The van der Waals surface area contributed by atoms with Gasteiger partial charge in [-0.1, -0.05) is 23.7 Å². The molecule has 4 rings (SSSR count). The Morgan fingerprint density at radius 1 is 1.20 bits per heavy atom. The summed E-state index contributed by atoms with van der Waals surface area (Å²) in [7, 11) is 0. The van der Waals surface area contributed by atoms with E-state index in [0.717, 1.165) is 5.56 Å². The Kier molecular flexibility index (Phi) is 5.03. The Morgan fingerprint density at radius 3 is 2.70 bits per heavy atom. The Labute approximate surface area is 177 Å². The van der Waals surface area contributed by atoms with Crippen LogP contribution in [0, 0.1) is 19.7 Å². The van der Waals surface area contributed by atoms with Gasteiger partial charge in [0.1, 0.15) is 16.9 Å². The molecule has 0 spiro atoms. The second kappa shape index (κ2) is 7.54. The molecule has 0 aliphatic heterocycles. The number of carbonyl (C=O) groups is 1. The summed E-state index contributed by atoms with van der Waals surface area (Å²) < 4.78 is 16.0. The van der Waals surface area contributed by atoms with Gasteiger partial charge in [-0.25, -0.2) is 9.37 Å². The number of benzene rings is 2. The standard InChI is InChI=1S/C23H19ClFN3O2/c1-4-28-11-16(22(29)15-8-9-17(24)13(3)21(15)28)23(30)27-19-10-12(2)26-20-14(19)6-5-7-18(20)25/h5-11H,4H2,1-3H3,(H,26,27,30). The lowest BCUT2D eigenvalue weighted by atomic mass is 10.1. The molecule has 2 aromatic carbocycles. The molecule has 30 heavy (non-hydrogen) atoms. The molecule has 1 N–H and O–H groups in total. The first-order valence-electron chi connectivity index (χ1n) is 9.51. The van der Waals surface area contributed by atoms with Crippen LogP contribution in [0.2, 0.25) is 5.02 Å². The molecule has 7 heteroatoms. The van der Waals surface area contributed by atoms with Crippen LogP contribution in [0.1, 0.15) is 28.5 Å². The molecule has 0 unspecified atom stereocenters. The number of hydrogen-bond donors (Lipinski definition) is 1. The minimum Gasteiger partial charge on any atom is -0.346 e. The first-order valence-corrected chi connectivity index (χ1v) is 9.89. The molecular weight excluding hydrogens is 405 g/mol. The second-order valence-electron chi connectivity index (χ2n) is 7.13. The van der Waals surface area contributed by atoms with Crippen molar-refractivity contribution in [2.45, 2.75) is 27.3 Å². The molecule has 0 bridgehead atoms. The summed E-state index contributed by atoms with van der Waals surface area (Å²) in [5, 5.41) is 4.21. The number of carbonyl (C=O) groups excluding carboxylic acids is 1. The smallest absolute Gasteiger partial charge is 0.261 e. The molecule has 0 radical (unpaired) electrons. The highest BCUT2D eigenvalue weighted by Gasteiger charge is 2.19. The number of para-hydroxylation sites is 1. The highest BCUT2D eigenvalue weighted by molar-refractivity contribution is 6.32. The zero-order valence-corrected chi connectivity index (χ0v) is 17.5. The molecule has 2 heterocycles. The number of anilines is 1. The molecule has 0 atom stereocenters. The minimum atomic E-state index is -0.562. The van der Waals surface area contributed by atoms with Crippen LogP contribution in [-0.2, 0) is 6.54 Å². The van der Waals surface area contributed by atoms with Gasteiger partial charge in [0.25, 0.3) is 5.91 Å². The first kappa shape index (κ1) is 20.0. The third-order valence-electron chi connectivity index (χ3n) is 5.18. The molecule has 152 valence electrons. The predicted molar refractivity (Wildman–Crippen MR) is 118 cm³/mol. The van der Waals surface area contributed by atoms with Crippen molar-refractivity contribution in [1.82, 2.24) is 9.55 Å². The number of nitrogens with zero attached hydrogens (tertiary/aromatic N) is 2. The van der Waals surface area contributed by atoms with Gasteiger partial charge in [-0.3, -0.25) is 9.59 Å². The van der Waals surface area contributed by atoms with Gasteiger partial charge in [-0.05, 0) is 50.6 Å². The summed E-state index contributed by atoms with van der Waals surface area (Å²) >= 11 is 6.23. The molecule has 2 aromatic heterocycles. The van der Waals surface area contributed by atoms with Gasteiger partial charge >= 0.3 is 0 Å². The maximum absolute atomic E-state index is 14.2. The lowest BCUT2D eigenvalue weighted by Crippen LogP contribution is -2.24. The number of aryl methyl sites for hydroxylation is 3. The molecular formula is C23H19ClFN3O2. The molecule has 0 aliphatic rings. The van der Waals surface area contributed by atoms with E-state index in [2.05, 4.69) is 10.3 Å². The van der Waals surface area contributed by atoms with Gasteiger partial charge in [0, 0.05) is 34.2 Å². The number of halogens is 2. The van der Waals surface area contributed by atoms with E-state index in [1.165, 1.54) is 6.07 Å². The van der Waals surface area contributed by atoms with Gasteiger partial charge in [0.15, 0.2) is 0 Å². The first-order chi connectivity index (χ1) is 14.3. The Morgan fingerprint density at radius 2 is 1.97 bits per heavy atom. The molecule has 5 nitrogen and oxygen atoms in total. The van der Waals surface area contributed by atoms with Gasteiger partial charge < -0.3 is 9.88 Å². The van der Waals surface area contributed by atoms with Crippen LogP contribution >= 0.6 is 11.6 Å². The third kappa shape index (κ3) is 3.23. The van der Waals surface area contributed by atoms with Crippen LogP contribution in [0.4, 0.5) is 10.1 Å². The molecule has 0 saturated carbocycles. The summed E-state index contributed by atoms with van der Waals surface area (Å²) in [6.45, 7) is 6.04. The number of pyridine rings is 2. The highest BCUT2D eigenvalue weighted by Crippen LogP contribution is 2.27. The largest absolute Gasteiger partial charge is 0.346 e. The predicted octanol–water partition coefficient (Wildman–Crippen LogP) is 5.23. The Hall–Kier alpha value is -3.25. The van der Waals surface area contributed by atoms with Crippen molar-refractivity contribution in [3.05, 3.63) is 80.5 Å². The summed E-state index contributed by atoms with van der Waals surface area (Å²) in [5.41, 5.74) is 2.24. The third-order valence-corrected chi connectivity index (χ3v) is 5.59. The van der Waals surface area contributed by atoms with Crippen molar-refractivity contribution in [1.29, 1.82) is 0 Å². The maximum Gasteiger partial charge on any atom is 0.261 e. The average molecular weight is 424 g/mol. The van der Waals surface area contributed by atoms with Crippen LogP contribution in [-0.4, -0.2) is 15.5 Å². The molecule has 0 aliphatic carbocycles. The molecule has 0 saturated heterocycles. The van der Waals surface area contributed by atoms with Crippen molar-refractivity contribution in [3.8, 4) is 0 Å². The summed E-state index contributed by atoms with van der Waals surface area (Å²) in [4.78, 5) is 30.4. The Bertz CT molecular complexity index is 1400. The van der Waals surface area contributed by atoms with E-state index in [9.17, 15) is 14.0 Å². The van der Waals surface area contributed by atoms with Crippen molar-refractivity contribution < 1.29 is 9.18 Å². The molecule has 1 amide bonds. The van der Waals surface area contributed by atoms with E-state index < -0.39 is 11.7 Å². The SMILES string of the molecule is CCn1cc(C(=O)Nc2cc(C)nc3c(F)cccc23)c(=O)c2ccc(Cl)c(C)c21. The van der Waals surface area contributed by atoms with Gasteiger partial charge in [0.05, 0.1) is 11.2 Å². The van der Waals surface area contributed by atoms with E-state index in [4.69, 9.17) is 11.6 Å².